The maximum Gasteiger partial charge on any atom is 0.257 e. The van der Waals surface area contributed by atoms with Gasteiger partial charge in [-0.3, -0.25) is 9.78 Å². The van der Waals surface area contributed by atoms with E-state index < -0.39 is 0 Å². The van der Waals surface area contributed by atoms with E-state index in [1.54, 1.807) is 25.4 Å². The van der Waals surface area contributed by atoms with E-state index in [-0.39, 0.29) is 5.91 Å². The molecule has 4 aromatic rings. The van der Waals surface area contributed by atoms with Crippen LogP contribution in [0, 0.1) is 0 Å². The number of amides is 1. The van der Waals surface area contributed by atoms with E-state index >= 15 is 0 Å². The molecule has 0 bridgehead atoms. The lowest BCUT2D eigenvalue weighted by molar-refractivity contribution is 0.102. The Kier molecular flexibility index (Phi) is 4.07. The fraction of sp³-hybridized carbons (Fsp3) is 0.0500. The summed E-state index contributed by atoms with van der Waals surface area (Å²) >= 11 is 0. The maximum absolute atomic E-state index is 12.3. The zero-order valence-corrected chi connectivity index (χ0v) is 14.0. The van der Waals surface area contributed by atoms with Crippen molar-refractivity contribution in [3.63, 3.8) is 0 Å². The highest BCUT2D eigenvalue weighted by molar-refractivity contribution is 6.04. The molecule has 4 rings (SSSR count). The summed E-state index contributed by atoms with van der Waals surface area (Å²) in [7, 11) is 1.61. The van der Waals surface area contributed by atoms with E-state index in [1.165, 1.54) is 6.20 Å². The fourth-order valence-corrected chi connectivity index (χ4v) is 2.59. The highest BCUT2D eigenvalue weighted by Gasteiger charge is 2.11. The molecule has 2 heterocycles. The van der Waals surface area contributed by atoms with Gasteiger partial charge in [-0.05, 0) is 42.5 Å². The Hall–Kier alpha value is -3.67. The number of aromatic nitrogens is 2. The van der Waals surface area contributed by atoms with Crippen LogP contribution in [0.25, 0.3) is 22.6 Å². The molecule has 0 saturated heterocycles. The summed E-state index contributed by atoms with van der Waals surface area (Å²) in [5, 5.41) is 2.85. The van der Waals surface area contributed by atoms with Crippen LogP contribution in [0.2, 0.25) is 0 Å². The van der Waals surface area contributed by atoms with E-state index in [1.807, 2.05) is 42.5 Å². The number of oxazole rings is 1. The second-order valence-corrected chi connectivity index (χ2v) is 5.63. The molecule has 2 aromatic heterocycles. The number of nitrogens with zero attached hydrogens (tertiary/aromatic N) is 2. The fourth-order valence-electron chi connectivity index (χ4n) is 2.59. The van der Waals surface area contributed by atoms with Gasteiger partial charge >= 0.3 is 0 Å². The molecule has 0 aliphatic carbocycles. The van der Waals surface area contributed by atoms with Crippen LogP contribution in [0.1, 0.15) is 10.4 Å². The Bertz CT molecular complexity index is 1070. The first-order valence-corrected chi connectivity index (χ1v) is 7.99. The maximum atomic E-state index is 12.3. The van der Waals surface area contributed by atoms with Crippen molar-refractivity contribution in [2.75, 3.05) is 12.4 Å². The summed E-state index contributed by atoms with van der Waals surface area (Å²) in [6.45, 7) is 0. The molecule has 0 saturated carbocycles. The third-order valence-corrected chi connectivity index (χ3v) is 3.89. The Morgan fingerprint density at radius 3 is 2.85 bits per heavy atom. The van der Waals surface area contributed by atoms with Gasteiger partial charge in [0.1, 0.15) is 11.3 Å². The second-order valence-electron chi connectivity index (χ2n) is 5.63. The van der Waals surface area contributed by atoms with Crippen LogP contribution < -0.4 is 10.1 Å². The van der Waals surface area contributed by atoms with Crippen molar-refractivity contribution in [1.82, 2.24) is 9.97 Å². The normalized spacial score (nSPS) is 10.7. The standard InChI is InChI=1S/C20H15N3O3/c1-25-16-7-8-18-17(11-16)23-20(26-18)13-4-2-6-15(10-13)22-19(24)14-5-3-9-21-12-14/h2-12H,1H3,(H,22,24). The molecule has 0 fully saturated rings. The van der Waals surface area contributed by atoms with Gasteiger partial charge in [0, 0.05) is 29.7 Å². The number of nitrogens with one attached hydrogen (secondary N) is 1. The lowest BCUT2D eigenvalue weighted by Gasteiger charge is -2.06. The molecule has 0 spiro atoms. The van der Waals surface area contributed by atoms with Crippen molar-refractivity contribution in [2.45, 2.75) is 0 Å². The first-order chi connectivity index (χ1) is 12.7. The Morgan fingerprint density at radius 2 is 2.04 bits per heavy atom. The Balaban J connectivity index is 1.62. The van der Waals surface area contributed by atoms with Gasteiger partial charge in [0.25, 0.3) is 5.91 Å². The topological polar surface area (TPSA) is 77.2 Å². The molecule has 0 aliphatic heterocycles. The van der Waals surface area contributed by atoms with Crippen molar-refractivity contribution in [1.29, 1.82) is 0 Å². The van der Waals surface area contributed by atoms with E-state index in [2.05, 4.69) is 15.3 Å². The highest BCUT2D eigenvalue weighted by atomic mass is 16.5. The third-order valence-electron chi connectivity index (χ3n) is 3.89. The number of rotatable bonds is 4. The average Bonchev–Trinajstić information content (AvgIpc) is 3.12. The molecule has 0 aliphatic rings. The molecule has 1 amide bonds. The molecule has 128 valence electrons. The predicted molar refractivity (Wildman–Crippen MR) is 98.2 cm³/mol. The monoisotopic (exact) mass is 345 g/mol. The molecule has 6 heteroatoms. The van der Waals surface area contributed by atoms with Crippen LogP contribution in [0.15, 0.2) is 71.4 Å². The number of hydrogen-bond acceptors (Lipinski definition) is 5. The number of anilines is 1. The molecule has 0 unspecified atom stereocenters. The van der Waals surface area contributed by atoms with Crippen LogP contribution in [0.3, 0.4) is 0 Å². The molecule has 6 nitrogen and oxygen atoms in total. The summed E-state index contributed by atoms with van der Waals surface area (Å²) in [4.78, 5) is 20.7. The van der Waals surface area contributed by atoms with Crippen LogP contribution in [-0.2, 0) is 0 Å². The molecule has 26 heavy (non-hydrogen) atoms. The van der Waals surface area contributed by atoms with Gasteiger partial charge in [-0.25, -0.2) is 4.98 Å². The SMILES string of the molecule is COc1ccc2oc(-c3cccc(NC(=O)c4cccnc4)c3)nc2c1. The molecule has 1 N–H and O–H groups in total. The second kappa shape index (κ2) is 6.68. The van der Waals surface area contributed by atoms with Gasteiger partial charge < -0.3 is 14.5 Å². The quantitative estimate of drug-likeness (QED) is 0.601. The number of benzene rings is 2. The van der Waals surface area contributed by atoms with Gasteiger partial charge in [0.15, 0.2) is 5.58 Å². The predicted octanol–water partition coefficient (Wildman–Crippen LogP) is 4.15. The number of ether oxygens (including phenoxy) is 1. The minimum Gasteiger partial charge on any atom is -0.497 e. The Morgan fingerprint density at radius 1 is 1.12 bits per heavy atom. The van der Waals surface area contributed by atoms with Crippen molar-refractivity contribution >= 4 is 22.7 Å². The lowest BCUT2D eigenvalue weighted by atomic mass is 10.2. The van der Waals surface area contributed by atoms with Crippen LogP contribution in [-0.4, -0.2) is 23.0 Å². The number of carbonyl (C=O) groups is 1. The average molecular weight is 345 g/mol. The van der Waals surface area contributed by atoms with Crippen LogP contribution >= 0.6 is 0 Å². The smallest absolute Gasteiger partial charge is 0.257 e. The van der Waals surface area contributed by atoms with Gasteiger partial charge in [0.2, 0.25) is 5.89 Å². The van der Waals surface area contributed by atoms with Gasteiger partial charge in [-0.1, -0.05) is 6.07 Å². The highest BCUT2D eigenvalue weighted by Crippen LogP contribution is 2.28. The Labute approximate surface area is 149 Å². The van der Waals surface area contributed by atoms with E-state index in [4.69, 9.17) is 9.15 Å². The molecular formula is C20H15N3O3. The first kappa shape index (κ1) is 15.8. The van der Waals surface area contributed by atoms with Crippen molar-refractivity contribution < 1.29 is 13.9 Å². The van der Waals surface area contributed by atoms with Crippen molar-refractivity contribution in [3.8, 4) is 17.2 Å². The lowest BCUT2D eigenvalue weighted by Crippen LogP contribution is -2.11. The summed E-state index contributed by atoms with van der Waals surface area (Å²) in [6, 6.07) is 16.2. The van der Waals surface area contributed by atoms with Crippen LogP contribution in [0.5, 0.6) is 5.75 Å². The third kappa shape index (κ3) is 3.12. The first-order valence-electron chi connectivity index (χ1n) is 7.99. The van der Waals surface area contributed by atoms with Gasteiger partial charge in [0.05, 0.1) is 12.7 Å². The summed E-state index contributed by atoms with van der Waals surface area (Å²) in [5.74, 6) is 0.970. The zero-order chi connectivity index (χ0) is 17.9. The van der Waals surface area contributed by atoms with Crippen molar-refractivity contribution in [3.05, 3.63) is 72.6 Å². The number of fused-ring (bicyclic) bond motifs is 1. The summed E-state index contributed by atoms with van der Waals surface area (Å²) in [5.41, 5.74) is 3.29. The number of methoxy groups -OCH3 is 1. The molecule has 2 aromatic carbocycles. The number of hydrogen-bond donors (Lipinski definition) is 1. The van der Waals surface area contributed by atoms with E-state index in [0.29, 0.717) is 28.2 Å². The van der Waals surface area contributed by atoms with Gasteiger partial charge in [-0.15, -0.1) is 0 Å². The van der Waals surface area contributed by atoms with E-state index in [9.17, 15) is 4.79 Å². The molecular weight excluding hydrogens is 330 g/mol. The largest absolute Gasteiger partial charge is 0.497 e. The van der Waals surface area contributed by atoms with E-state index in [0.717, 1.165) is 11.3 Å². The minimum atomic E-state index is -0.224. The number of carbonyl (C=O) groups excluding carboxylic acids is 1. The molecule has 0 atom stereocenters. The van der Waals surface area contributed by atoms with Crippen LogP contribution in [0.4, 0.5) is 5.69 Å². The summed E-state index contributed by atoms with van der Waals surface area (Å²) in [6.07, 6.45) is 3.15. The zero-order valence-electron chi connectivity index (χ0n) is 14.0. The number of pyridine rings is 1. The van der Waals surface area contributed by atoms with Gasteiger partial charge in [-0.2, -0.15) is 0 Å². The summed E-state index contributed by atoms with van der Waals surface area (Å²) < 4.78 is 11.0. The molecule has 0 radical (unpaired) electrons. The minimum absolute atomic E-state index is 0.224. The van der Waals surface area contributed by atoms with Crippen molar-refractivity contribution in [2.24, 2.45) is 0 Å².